The van der Waals surface area contributed by atoms with E-state index in [0.29, 0.717) is 5.82 Å². The topological polar surface area (TPSA) is 51.1 Å². The lowest BCUT2D eigenvalue weighted by atomic mass is 10.0. The van der Waals surface area contributed by atoms with E-state index in [1.54, 1.807) is 7.11 Å². The van der Waals surface area contributed by atoms with Crippen LogP contribution in [0.1, 0.15) is 0 Å². The van der Waals surface area contributed by atoms with Crippen LogP contribution in [-0.4, -0.2) is 36.4 Å². The molecular formula is C24H22N4O. The maximum absolute atomic E-state index is 5.29. The Hall–Kier alpha value is -3.73. The van der Waals surface area contributed by atoms with E-state index >= 15 is 0 Å². The first kappa shape index (κ1) is 18.6. The summed E-state index contributed by atoms with van der Waals surface area (Å²) in [6.07, 6.45) is 0. The van der Waals surface area contributed by atoms with Gasteiger partial charge in [-0.15, -0.1) is 10.2 Å². The van der Waals surface area contributed by atoms with Crippen molar-refractivity contribution in [1.82, 2.24) is 15.2 Å². The van der Waals surface area contributed by atoms with Crippen LogP contribution in [0.2, 0.25) is 0 Å². The van der Waals surface area contributed by atoms with Crippen molar-refractivity contribution in [1.29, 1.82) is 0 Å². The highest BCUT2D eigenvalue weighted by Gasteiger charge is 2.15. The van der Waals surface area contributed by atoms with Gasteiger partial charge in [-0.3, -0.25) is 0 Å². The molecule has 4 aromatic rings. The third-order valence-electron chi connectivity index (χ3n) is 4.74. The molecule has 29 heavy (non-hydrogen) atoms. The van der Waals surface area contributed by atoms with Crippen molar-refractivity contribution in [2.75, 3.05) is 26.1 Å². The Balaban J connectivity index is 1.83. The molecule has 144 valence electrons. The smallest absolute Gasteiger partial charge is 0.182 e. The largest absolute Gasteiger partial charge is 0.497 e. The number of aromatic nitrogens is 3. The summed E-state index contributed by atoms with van der Waals surface area (Å²) in [5.74, 6) is 1.40. The summed E-state index contributed by atoms with van der Waals surface area (Å²) < 4.78 is 5.29. The first-order valence-electron chi connectivity index (χ1n) is 9.38. The molecule has 0 amide bonds. The summed E-state index contributed by atoms with van der Waals surface area (Å²) in [5, 5.41) is 8.97. The maximum atomic E-state index is 5.29. The Morgan fingerprint density at radius 2 is 1.28 bits per heavy atom. The van der Waals surface area contributed by atoms with Crippen molar-refractivity contribution < 1.29 is 4.74 Å². The van der Waals surface area contributed by atoms with Crippen LogP contribution in [0.15, 0.2) is 78.9 Å². The lowest BCUT2D eigenvalue weighted by molar-refractivity contribution is 0.415. The monoisotopic (exact) mass is 382 g/mol. The summed E-state index contributed by atoms with van der Waals surface area (Å²) >= 11 is 0. The Kier molecular flexibility index (Phi) is 5.20. The summed E-state index contributed by atoms with van der Waals surface area (Å²) in [4.78, 5) is 6.95. The van der Waals surface area contributed by atoms with E-state index in [9.17, 15) is 0 Å². The van der Waals surface area contributed by atoms with Crippen molar-refractivity contribution >= 4 is 5.69 Å². The van der Waals surface area contributed by atoms with Gasteiger partial charge in [0.05, 0.1) is 7.11 Å². The number of hydrogen-bond donors (Lipinski definition) is 0. The van der Waals surface area contributed by atoms with E-state index in [1.165, 1.54) is 0 Å². The summed E-state index contributed by atoms with van der Waals surface area (Å²) in [5.41, 5.74) is 5.54. The zero-order valence-corrected chi connectivity index (χ0v) is 16.7. The average molecular weight is 382 g/mol. The third kappa shape index (κ3) is 3.94. The third-order valence-corrected chi connectivity index (χ3v) is 4.74. The Bertz CT molecular complexity index is 1090. The standard InChI is InChI=1S/C24H22N4O/c1-28(2)20-13-9-19(10-14-20)24-25-22(18-11-15-21(29-3)16-12-18)23(26-27-24)17-7-5-4-6-8-17/h4-16H,1-3H3. The summed E-state index contributed by atoms with van der Waals surface area (Å²) in [6.45, 7) is 0. The Morgan fingerprint density at radius 1 is 0.655 bits per heavy atom. The van der Waals surface area contributed by atoms with Gasteiger partial charge in [-0.1, -0.05) is 30.3 Å². The van der Waals surface area contributed by atoms with E-state index in [2.05, 4.69) is 27.2 Å². The minimum absolute atomic E-state index is 0.598. The molecule has 5 nitrogen and oxygen atoms in total. The number of hydrogen-bond acceptors (Lipinski definition) is 5. The SMILES string of the molecule is COc1ccc(-c2nc(-c3ccc(N(C)C)cc3)nnc2-c2ccccc2)cc1. The number of methoxy groups -OCH3 is 1. The molecule has 0 saturated heterocycles. The van der Waals surface area contributed by atoms with Gasteiger partial charge in [-0.2, -0.15) is 0 Å². The second kappa shape index (κ2) is 8.10. The maximum Gasteiger partial charge on any atom is 0.182 e. The van der Waals surface area contributed by atoms with Gasteiger partial charge < -0.3 is 9.64 Å². The van der Waals surface area contributed by atoms with Gasteiger partial charge in [0.1, 0.15) is 17.1 Å². The molecule has 1 heterocycles. The van der Waals surface area contributed by atoms with Crippen molar-refractivity contribution in [3.05, 3.63) is 78.9 Å². The minimum Gasteiger partial charge on any atom is -0.497 e. The van der Waals surface area contributed by atoms with Gasteiger partial charge in [0.25, 0.3) is 0 Å². The van der Waals surface area contributed by atoms with E-state index in [-0.39, 0.29) is 0 Å². The zero-order valence-electron chi connectivity index (χ0n) is 16.7. The van der Waals surface area contributed by atoms with Crippen LogP contribution in [0.25, 0.3) is 33.9 Å². The molecule has 0 radical (unpaired) electrons. The molecule has 0 aliphatic heterocycles. The summed E-state index contributed by atoms with van der Waals surface area (Å²) in [7, 11) is 5.69. The molecular weight excluding hydrogens is 360 g/mol. The van der Waals surface area contributed by atoms with Crippen LogP contribution < -0.4 is 9.64 Å². The predicted octanol–water partition coefficient (Wildman–Crippen LogP) is 4.95. The van der Waals surface area contributed by atoms with Crippen LogP contribution in [0, 0.1) is 0 Å². The number of nitrogens with zero attached hydrogens (tertiary/aromatic N) is 4. The van der Waals surface area contributed by atoms with E-state index in [4.69, 9.17) is 9.72 Å². The normalized spacial score (nSPS) is 10.6. The zero-order chi connectivity index (χ0) is 20.2. The molecule has 0 fully saturated rings. The molecule has 1 aromatic heterocycles. The highest BCUT2D eigenvalue weighted by atomic mass is 16.5. The Morgan fingerprint density at radius 3 is 1.90 bits per heavy atom. The Labute approximate surface area is 170 Å². The predicted molar refractivity (Wildman–Crippen MR) is 117 cm³/mol. The quantitative estimate of drug-likeness (QED) is 0.489. The highest BCUT2D eigenvalue weighted by molar-refractivity contribution is 5.79. The first-order valence-corrected chi connectivity index (χ1v) is 9.38. The number of anilines is 1. The number of rotatable bonds is 5. The van der Waals surface area contributed by atoms with Crippen molar-refractivity contribution in [3.63, 3.8) is 0 Å². The van der Waals surface area contributed by atoms with Crippen LogP contribution in [-0.2, 0) is 0 Å². The fourth-order valence-corrected chi connectivity index (χ4v) is 3.10. The molecule has 0 N–H and O–H groups in total. The van der Waals surface area contributed by atoms with Crippen molar-refractivity contribution in [3.8, 4) is 39.7 Å². The highest BCUT2D eigenvalue weighted by Crippen LogP contribution is 2.31. The van der Waals surface area contributed by atoms with Gasteiger partial charge in [0, 0.05) is 36.5 Å². The average Bonchev–Trinajstić information content (AvgIpc) is 2.79. The fraction of sp³-hybridized carbons (Fsp3) is 0.125. The van der Waals surface area contributed by atoms with E-state index in [1.807, 2.05) is 80.8 Å². The number of benzene rings is 3. The second-order valence-electron chi connectivity index (χ2n) is 6.87. The lowest BCUT2D eigenvalue weighted by Gasteiger charge is -2.13. The molecule has 0 spiro atoms. The van der Waals surface area contributed by atoms with Gasteiger partial charge in [-0.25, -0.2) is 4.98 Å². The van der Waals surface area contributed by atoms with E-state index < -0.39 is 0 Å². The number of ether oxygens (including phenoxy) is 1. The van der Waals surface area contributed by atoms with Crippen molar-refractivity contribution in [2.24, 2.45) is 0 Å². The minimum atomic E-state index is 0.598. The molecule has 0 aliphatic carbocycles. The van der Waals surface area contributed by atoms with Gasteiger partial charge in [-0.05, 0) is 48.5 Å². The van der Waals surface area contributed by atoms with Gasteiger partial charge in [0.15, 0.2) is 5.82 Å². The van der Waals surface area contributed by atoms with Crippen molar-refractivity contribution in [2.45, 2.75) is 0 Å². The summed E-state index contributed by atoms with van der Waals surface area (Å²) in [6, 6.07) is 26.0. The van der Waals surface area contributed by atoms with Crippen LogP contribution in [0.5, 0.6) is 5.75 Å². The second-order valence-corrected chi connectivity index (χ2v) is 6.87. The molecule has 5 heteroatoms. The molecule has 0 unspecified atom stereocenters. The van der Waals surface area contributed by atoms with Crippen LogP contribution in [0.4, 0.5) is 5.69 Å². The molecule has 0 atom stereocenters. The van der Waals surface area contributed by atoms with Crippen LogP contribution >= 0.6 is 0 Å². The molecule has 0 saturated carbocycles. The van der Waals surface area contributed by atoms with Gasteiger partial charge >= 0.3 is 0 Å². The molecule has 4 rings (SSSR count). The van der Waals surface area contributed by atoms with Gasteiger partial charge in [0.2, 0.25) is 0 Å². The lowest BCUT2D eigenvalue weighted by Crippen LogP contribution is -2.08. The van der Waals surface area contributed by atoms with Crippen LogP contribution in [0.3, 0.4) is 0 Å². The van der Waals surface area contributed by atoms with E-state index in [0.717, 1.165) is 39.5 Å². The molecule has 3 aromatic carbocycles. The molecule has 0 aliphatic rings. The molecule has 0 bridgehead atoms. The first-order chi connectivity index (χ1) is 14.2. The fourth-order valence-electron chi connectivity index (χ4n) is 3.10.